The van der Waals surface area contributed by atoms with Crippen LogP contribution in [0.3, 0.4) is 0 Å². The highest BCUT2D eigenvalue weighted by Gasteiger charge is 2.37. The number of aliphatic hydroxyl groups excluding tert-OH is 1. The van der Waals surface area contributed by atoms with Crippen LogP contribution in [0.25, 0.3) is 0 Å². The minimum Gasteiger partial charge on any atom is -0.383 e. The summed E-state index contributed by atoms with van der Waals surface area (Å²) in [6, 6.07) is 2.25. The molecule has 1 aliphatic rings. The zero-order valence-electron chi connectivity index (χ0n) is 12.2. The third kappa shape index (κ3) is 5.19. The number of halogens is 1. The number of nitrogens with zero attached hydrogens (tertiary/aromatic N) is 2. The fourth-order valence-corrected chi connectivity index (χ4v) is 3.10. The minimum atomic E-state index is -1.02. The van der Waals surface area contributed by atoms with Crippen molar-refractivity contribution < 1.29 is 9.90 Å². The predicted octanol–water partition coefficient (Wildman–Crippen LogP) is 1.30. The molecule has 0 aromatic carbocycles. The van der Waals surface area contributed by atoms with Gasteiger partial charge in [-0.2, -0.15) is 5.26 Å². The Morgan fingerprint density at radius 3 is 2.55 bits per heavy atom. The topological polar surface area (TPSA) is 76.4 Å². The van der Waals surface area contributed by atoms with Crippen LogP contribution in [0.4, 0.5) is 0 Å². The zero-order valence-corrected chi connectivity index (χ0v) is 14.4. The molecular formula is C14H24IN3O2. The summed E-state index contributed by atoms with van der Waals surface area (Å²) in [7, 11) is 0. The highest BCUT2D eigenvalue weighted by Crippen LogP contribution is 2.22. The van der Waals surface area contributed by atoms with Gasteiger partial charge in [-0.1, -0.05) is 36.4 Å². The lowest BCUT2D eigenvalue weighted by atomic mass is 9.88. The van der Waals surface area contributed by atoms with E-state index >= 15 is 0 Å². The average molecular weight is 393 g/mol. The van der Waals surface area contributed by atoms with Crippen molar-refractivity contribution in [3.8, 4) is 6.07 Å². The Bertz CT molecular complexity index is 360. The first-order valence-corrected chi connectivity index (χ1v) is 8.64. The second-order valence-corrected chi connectivity index (χ2v) is 6.94. The van der Waals surface area contributed by atoms with E-state index in [4.69, 9.17) is 0 Å². The maximum Gasteiger partial charge on any atom is 0.250 e. The summed E-state index contributed by atoms with van der Waals surface area (Å²) in [6.45, 7) is 6.57. The SMILES string of the molecule is CC(C)C[C@H](O)C(=O)NC1(C#N)CCN(CCI)CC1. The molecule has 0 spiro atoms. The van der Waals surface area contributed by atoms with Crippen LogP contribution in [0.15, 0.2) is 0 Å². The highest BCUT2D eigenvalue weighted by molar-refractivity contribution is 14.1. The maximum absolute atomic E-state index is 12.0. The quantitative estimate of drug-likeness (QED) is 0.527. The van der Waals surface area contributed by atoms with Crippen LogP contribution >= 0.6 is 22.6 Å². The molecule has 0 radical (unpaired) electrons. The van der Waals surface area contributed by atoms with E-state index in [1.165, 1.54) is 0 Å². The lowest BCUT2D eigenvalue weighted by molar-refractivity contribution is -0.132. The van der Waals surface area contributed by atoms with E-state index in [9.17, 15) is 15.2 Å². The van der Waals surface area contributed by atoms with Crippen LogP contribution in [-0.2, 0) is 4.79 Å². The number of nitriles is 1. The molecule has 1 saturated heterocycles. The second kappa shape index (κ2) is 8.15. The van der Waals surface area contributed by atoms with E-state index in [2.05, 4.69) is 38.9 Å². The molecular weight excluding hydrogens is 369 g/mol. The smallest absolute Gasteiger partial charge is 0.250 e. The Morgan fingerprint density at radius 1 is 1.50 bits per heavy atom. The summed E-state index contributed by atoms with van der Waals surface area (Å²) in [6.07, 6.45) is 0.655. The third-order valence-corrected chi connectivity index (χ3v) is 4.17. The summed E-state index contributed by atoms with van der Waals surface area (Å²) >= 11 is 2.34. The van der Waals surface area contributed by atoms with Crippen LogP contribution in [0.5, 0.6) is 0 Å². The first-order chi connectivity index (χ1) is 9.42. The Labute approximate surface area is 134 Å². The molecule has 1 amide bonds. The van der Waals surface area contributed by atoms with Crippen molar-refractivity contribution in [1.82, 2.24) is 10.2 Å². The van der Waals surface area contributed by atoms with E-state index in [0.29, 0.717) is 19.3 Å². The summed E-state index contributed by atoms with van der Waals surface area (Å²) < 4.78 is 1.07. The lowest BCUT2D eigenvalue weighted by Gasteiger charge is -2.38. The standard InChI is InChI=1S/C14H24IN3O2/c1-11(2)9-12(19)13(20)17-14(10-16)3-6-18(7-4-14)8-5-15/h11-12,19H,3-9H2,1-2H3,(H,17,20)/t12-/m0/s1. The number of likely N-dealkylation sites (tertiary alicyclic amines) is 1. The number of alkyl halides is 1. The molecule has 1 heterocycles. The van der Waals surface area contributed by atoms with Gasteiger partial charge in [-0.3, -0.25) is 4.79 Å². The van der Waals surface area contributed by atoms with E-state index < -0.39 is 17.6 Å². The van der Waals surface area contributed by atoms with Gasteiger partial charge in [0.15, 0.2) is 0 Å². The van der Waals surface area contributed by atoms with Crippen LogP contribution in [0, 0.1) is 17.2 Å². The molecule has 2 N–H and O–H groups in total. The van der Waals surface area contributed by atoms with Crippen molar-refractivity contribution in [3.05, 3.63) is 0 Å². The molecule has 20 heavy (non-hydrogen) atoms. The number of hydrogen-bond donors (Lipinski definition) is 2. The number of piperidine rings is 1. The average Bonchev–Trinajstić information content (AvgIpc) is 2.40. The Balaban J connectivity index is 2.55. The summed E-state index contributed by atoms with van der Waals surface area (Å²) in [5.74, 6) is -0.165. The number of rotatable bonds is 6. The van der Waals surface area contributed by atoms with Gasteiger partial charge in [0.1, 0.15) is 11.6 Å². The molecule has 0 aromatic heterocycles. The fourth-order valence-electron chi connectivity index (χ4n) is 2.42. The van der Waals surface area contributed by atoms with Gasteiger partial charge in [0.25, 0.3) is 0 Å². The number of aliphatic hydroxyl groups is 1. The van der Waals surface area contributed by atoms with E-state index in [1.807, 2.05) is 13.8 Å². The molecule has 0 unspecified atom stereocenters. The van der Waals surface area contributed by atoms with Gasteiger partial charge in [0.2, 0.25) is 5.91 Å². The van der Waals surface area contributed by atoms with Gasteiger partial charge in [-0.25, -0.2) is 0 Å². The van der Waals surface area contributed by atoms with Crippen molar-refractivity contribution in [3.63, 3.8) is 0 Å². The molecule has 1 rings (SSSR count). The molecule has 1 fully saturated rings. The number of carbonyl (C=O) groups is 1. The monoisotopic (exact) mass is 393 g/mol. The summed E-state index contributed by atoms with van der Waals surface area (Å²) in [5.41, 5.74) is -0.809. The van der Waals surface area contributed by atoms with E-state index in [0.717, 1.165) is 24.1 Å². The summed E-state index contributed by atoms with van der Waals surface area (Å²) in [5, 5.41) is 22.0. The zero-order chi connectivity index (χ0) is 15.2. The minimum absolute atomic E-state index is 0.249. The van der Waals surface area contributed by atoms with Gasteiger partial charge in [0.05, 0.1) is 6.07 Å². The van der Waals surface area contributed by atoms with Gasteiger partial charge in [0, 0.05) is 24.1 Å². The van der Waals surface area contributed by atoms with E-state index in [1.54, 1.807) is 0 Å². The van der Waals surface area contributed by atoms with Gasteiger partial charge in [-0.15, -0.1) is 0 Å². The predicted molar refractivity (Wildman–Crippen MR) is 86.5 cm³/mol. The lowest BCUT2D eigenvalue weighted by Crippen LogP contribution is -2.56. The molecule has 1 atom stereocenters. The van der Waals surface area contributed by atoms with E-state index in [-0.39, 0.29) is 5.92 Å². The first-order valence-electron chi connectivity index (χ1n) is 7.12. The Kier molecular flexibility index (Phi) is 7.20. The number of carbonyl (C=O) groups excluding carboxylic acids is 1. The molecule has 1 aliphatic heterocycles. The molecule has 114 valence electrons. The molecule has 0 aromatic rings. The van der Waals surface area contributed by atoms with Crippen molar-refractivity contribution >= 4 is 28.5 Å². The Hall–Kier alpha value is -0.390. The molecule has 6 heteroatoms. The van der Waals surface area contributed by atoms with Crippen LogP contribution < -0.4 is 5.32 Å². The van der Waals surface area contributed by atoms with Gasteiger partial charge >= 0.3 is 0 Å². The first kappa shape index (κ1) is 17.7. The second-order valence-electron chi connectivity index (χ2n) is 5.86. The maximum atomic E-state index is 12.0. The highest BCUT2D eigenvalue weighted by atomic mass is 127. The molecule has 5 nitrogen and oxygen atoms in total. The number of hydrogen-bond acceptors (Lipinski definition) is 4. The van der Waals surface area contributed by atoms with Crippen molar-refractivity contribution in [2.24, 2.45) is 5.92 Å². The van der Waals surface area contributed by atoms with Gasteiger partial charge in [-0.05, 0) is 25.2 Å². The largest absolute Gasteiger partial charge is 0.383 e. The van der Waals surface area contributed by atoms with Gasteiger partial charge < -0.3 is 15.3 Å². The van der Waals surface area contributed by atoms with Crippen molar-refractivity contribution in [2.75, 3.05) is 24.1 Å². The normalized spacial score (nSPS) is 20.4. The van der Waals surface area contributed by atoms with Crippen molar-refractivity contribution in [2.45, 2.75) is 44.8 Å². The molecule has 0 aliphatic carbocycles. The number of amides is 1. The Morgan fingerprint density at radius 2 is 2.10 bits per heavy atom. The van der Waals surface area contributed by atoms with Crippen LogP contribution in [0.1, 0.15) is 33.1 Å². The molecule has 0 bridgehead atoms. The molecule has 0 saturated carbocycles. The van der Waals surface area contributed by atoms with Crippen molar-refractivity contribution in [1.29, 1.82) is 5.26 Å². The summed E-state index contributed by atoms with van der Waals surface area (Å²) in [4.78, 5) is 14.3. The third-order valence-electron chi connectivity index (χ3n) is 3.68. The van der Waals surface area contributed by atoms with Crippen LogP contribution in [-0.4, -0.2) is 51.6 Å². The fraction of sp³-hybridized carbons (Fsp3) is 0.857. The van der Waals surface area contributed by atoms with Crippen LogP contribution in [0.2, 0.25) is 0 Å². The number of nitrogens with one attached hydrogen (secondary N) is 1.